The van der Waals surface area contributed by atoms with E-state index < -0.39 is 0 Å². The van der Waals surface area contributed by atoms with Crippen LogP contribution in [0, 0.1) is 0 Å². The number of aromatic nitrogens is 1. The zero-order valence-electron chi connectivity index (χ0n) is 13.0. The van der Waals surface area contributed by atoms with Gasteiger partial charge in [-0.25, -0.2) is 0 Å². The lowest BCUT2D eigenvalue weighted by Gasteiger charge is -2.30. The van der Waals surface area contributed by atoms with Gasteiger partial charge in [0.25, 0.3) is 0 Å². The summed E-state index contributed by atoms with van der Waals surface area (Å²) >= 11 is 4.15. The summed E-state index contributed by atoms with van der Waals surface area (Å²) in [6.07, 6.45) is 5.99. The summed E-state index contributed by atoms with van der Waals surface area (Å²) in [7, 11) is 0. The number of nitrogens with zero attached hydrogens (tertiary/aromatic N) is 1. The van der Waals surface area contributed by atoms with E-state index in [1.165, 1.54) is 22.8 Å². The van der Waals surface area contributed by atoms with Crippen LogP contribution in [0.1, 0.15) is 38.3 Å². The van der Waals surface area contributed by atoms with E-state index in [0.29, 0.717) is 11.3 Å². The maximum absolute atomic E-state index is 5.74. The van der Waals surface area contributed by atoms with E-state index in [1.807, 2.05) is 12.4 Å². The van der Waals surface area contributed by atoms with Crippen LogP contribution in [0.5, 0.6) is 5.75 Å². The van der Waals surface area contributed by atoms with E-state index in [2.05, 4.69) is 53.7 Å². The fourth-order valence-electron chi connectivity index (χ4n) is 2.37. The Labute approximate surface area is 137 Å². The lowest BCUT2D eigenvalue weighted by atomic mass is 10.1. The molecule has 0 radical (unpaired) electrons. The van der Waals surface area contributed by atoms with Gasteiger partial charge in [-0.15, -0.1) is 0 Å². The molecule has 0 bridgehead atoms. The molecule has 2 heterocycles. The van der Waals surface area contributed by atoms with Crippen molar-refractivity contribution in [2.24, 2.45) is 0 Å². The number of pyridine rings is 1. The predicted octanol–water partition coefficient (Wildman–Crippen LogP) is 3.76. The Hall–Kier alpha value is -0.390. The lowest BCUT2D eigenvalue weighted by molar-refractivity contribution is 0.315. The molecule has 2 rings (SSSR count). The molecule has 2 atom stereocenters. The van der Waals surface area contributed by atoms with Crippen molar-refractivity contribution in [2.45, 2.75) is 38.0 Å². The molecule has 0 saturated carbocycles. The summed E-state index contributed by atoms with van der Waals surface area (Å²) in [6.45, 7) is 6.14. The Morgan fingerprint density at radius 2 is 2.24 bits per heavy atom. The second-order valence-corrected chi connectivity index (χ2v) is 7.72. The van der Waals surface area contributed by atoms with Gasteiger partial charge in [-0.05, 0) is 31.0 Å². The largest absolute Gasteiger partial charge is 0.492 e. The van der Waals surface area contributed by atoms with Gasteiger partial charge in [0.1, 0.15) is 5.75 Å². The van der Waals surface area contributed by atoms with Crippen LogP contribution in [-0.2, 0) is 0 Å². The topological polar surface area (TPSA) is 34.2 Å². The van der Waals surface area contributed by atoms with Gasteiger partial charge in [0.2, 0.25) is 0 Å². The molecular formula is C16H26N2OS2. The van der Waals surface area contributed by atoms with Gasteiger partial charge in [0.05, 0.1) is 12.8 Å². The van der Waals surface area contributed by atoms with Gasteiger partial charge in [0.15, 0.2) is 0 Å². The molecule has 1 aliphatic rings. The highest BCUT2D eigenvalue weighted by atomic mass is 32.2. The standard InChI is InChI=1S/C16H26N2OS2/c1-3-5-18-16(15-12-20-7-8-21-15)13-9-14(11-17-10-13)19-6-4-2/h9-11,15-16,18H,3-8,12H2,1-2H3. The van der Waals surface area contributed by atoms with Crippen LogP contribution in [0.3, 0.4) is 0 Å². The SMILES string of the molecule is CCCNC(c1cncc(OCCC)c1)C1CSCCS1. The number of ether oxygens (including phenoxy) is 1. The molecule has 0 aliphatic carbocycles. The first kappa shape index (κ1) is 17.0. The Bertz CT molecular complexity index is 411. The van der Waals surface area contributed by atoms with Gasteiger partial charge in [-0.1, -0.05) is 13.8 Å². The van der Waals surface area contributed by atoms with Crippen LogP contribution in [0.2, 0.25) is 0 Å². The minimum Gasteiger partial charge on any atom is -0.492 e. The third-order valence-electron chi connectivity index (χ3n) is 3.39. The fourth-order valence-corrected chi connectivity index (χ4v) is 5.24. The summed E-state index contributed by atoms with van der Waals surface area (Å²) in [6, 6.07) is 2.54. The summed E-state index contributed by atoms with van der Waals surface area (Å²) in [4.78, 5) is 4.38. The van der Waals surface area contributed by atoms with Crippen LogP contribution < -0.4 is 10.1 Å². The predicted molar refractivity (Wildman–Crippen MR) is 94.6 cm³/mol. The quantitative estimate of drug-likeness (QED) is 0.787. The van der Waals surface area contributed by atoms with E-state index in [0.717, 1.165) is 31.7 Å². The normalized spacial score (nSPS) is 20.2. The number of hydrogen-bond acceptors (Lipinski definition) is 5. The van der Waals surface area contributed by atoms with Crippen molar-refractivity contribution in [1.29, 1.82) is 0 Å². The molecule has 1 N–H and O–H groups in total. The van der Waals surface area contributed by atoms with Crippen LogP contribution in [0.4, 0.5) is 0 Å². The summed E-state index contributed by atoms with van der Waals surface area (Å²) in [5, 5.41) is 4.33. The molecule has 1 saturated heterocycles. The molecule has 1 aromatic rings. The average Bonchev–Trinajstić information content (AvgIpc) is 2.55. The third-order valence-corrected chi connectivity index (χ3v) is 6.26. The first-order chi connectivity index (χ1) is 10.3. The second-order valence-electron chi connectivity index (χ2n) is 5.22. The van der Waals surface area contributed by atoms with E-state index in [1.54, 1.807) is 0 Å². The molecule has 1 fully saturated rings. The van der Waals surface area contributed by atoms with Crippen molar-refractivity contribution in [3.8, 4) is 5.75 Å². The van der Waals surface area contributed by atoms with Crippen LogP contribution >= 0.6 is 23.5 Å². The van der Waals surface area contributed by atoms with Crippen LogP contribution in [0.15, 0.2) is 18.5 Å². The maximum Gasteiger partial charge on any atom is 0.137 e. The maximum atomic E-state index is 5.74. The molecule has 0 spiro atoms. The van der Waals surface area contributed by atoms with Gasteiger partial charge in [0, 0.05) is 34.7 Å². The Morgan fingerprint density at radius 1 is 1.33 bits per heavy atom. The highest BCUT2D eigenvalue weighted by Crippen LogP contribution is 2.34. The van der Waals surface area contributed by atoms with Gasteiger partial charge < -0.3 is 10.1 Å². The molecule has 1 aromatic heterocycles. The number of thioether (sulfide) groups is 2. The average molecular weight is 327 g/mol. The molecule has 5 heteroatoms. The Kier molecular flexibility index (Phi) is 7.75. The zero-order chi connectivity index (χ0) is 14.9. The van der Waals surface area contributed by atoms with Crippen molar-refractivity contribution < 1.29 is 4.74 Å². The fraction of sp³-hybridized carbons (Fsp3) is 0.688. The van der Waals surface area contributed by atoms with E-state index >= 15 is 0 Å². The van der Waals surface area contributed by atoms with Crippen molar-refractivity contribution in [3.63, 3.8) is 0 Å². The number of rotatable bonds is 8. The van der Waals surface area contributed by atoms with E-state index in [9.17, 15) is 0 Å². The molecular weight excluding hydrogens is 300 g/mol. The third kappa shape index (κ3) is 5.38. The smallest absolute Gasteiger partial charge is 0.137 e. The van der Waals surface area contributed by atoms with E-state index in [-0.39, 0.29) is 0 Å². The summed E-state index contributed by atoms with van der Waals surface area (Å²) in [5.74, 6) is 4.64. The monoisotopic (exact) mass is 326 g/mol. The first-order valence-electron chi connectivity index (χ1n) is 7.85. The molecule has 3 nitrogen and oxygen atoms in total. The van der Waals surface area contributed by atoms with Crippen molar-refractivity contribution in [3.05, 3.63) is 24.0 Å². The first-order valence-corrected chi connectivity index (χ1v) is 10.1. The number of nitrogens with one attached hydrogen (secondary N) is 1. The Balaban J connectivity index is 2.10. The lowest BCUT2D eigenvalue weighted by Crippen LogP contribution is -2.34. The van der Waals surface area contributed by atoms with Crippen molar-refractivity contribution >= 4 is 23.5 Å². The summed E-state index contributed by atoms with van der Waals surface area (Å²) < 4.78 is 5.74. The zero-order valence-corrected chi connectivity index (χ0v) is 14.6. The van der Waals surface area contributed by atoms with Crippen molar-refractivity contribution in [2.75, 3.05) is 30.4 Å². The minimum absolute atomic E-state index is 0.375. The van der Waals surface area contributed by atoms with Crippen LogP contribution in [0.25, 0.3) is 0 Å². The number of hydrogen-bond donors (Lipinski definition) is 1. The molecule has 118 valence electrons. The molecule has 1 aliphatic heterocycles. The van der Waals surface area contributed by atoms with Gasteiger partial charge in [-0.3, -0.25) is 4.98 Å². The molecule has 2 unspecified atom stereocenters. The van der Waals surface area contributed by atoms with Crippen molar-refractivity contribution in [1.82, 2.24) is 10.3 Å². The summed E-state index contributed by atoms with van der Waals surface area (Å²) in [5.41, 5.74) is 1.26. The molecule has 0 amide bonds. The van der Waals surface area contributed by atoms with Gasteiger partial charge >= 0.3 is 0 Å². The van der Waals surface area contributed by atoms with E-state index in [4.69, 9.17) is 4.74 Å². The molecule has 0 aromatic carbocycles. The highest BCUT2D eigenvalue weighted by Gasteiger charge is 2.26. The van der Waals surface area contributed by atoms with Crippen LogP contribution in [-0.4, -0.2) is 40.6 Å². The van der Waals surface area contributed by atoms with Gasteiger partial charge in [-0.2, -0.15) is 23.5 Å². The second kappa shape index (κ2) is 9.59. The Morgan fingerprint density at radius 3 is 2.95 bits per heavy atom. The minimum atomic E-state index is 0.375. The highest BCUT2D eigenvalue weighted by molar-refractivity contribution is 8.06. The molecule has 21 heavy (non-hydrogen) atoms.